The van der Waals surface area contributed by atoms with E-state index in [1.54, 1.807) is 6.33 Å². The van der Waals surface area contributed by atoms with E-state index in [4.69, 9.17) is 4.74 Å². The Kier molecular flexibility index (Phi) is 3.06. The third kappa shape index (κ3) is 1.77. The van der Waals surface area contributed by atoms with Crippen LogP contribution in [0.1, 0.15) is 19.0 Å². The van der Waals surface area contributed by atoms with Crippen molar-refractivity contribution in [3.05, 3.63) is 18.2 Å². The molecule has 5 heteroatoms. The summed E-state index contributed by atoms with van der Waals surface area (Å²) in [5.41, 5.74) is 1.13. The second-order valence-electron chi connectivity index (χ2n) is 4.21. The standard InChI is InChI=1S/C11H15BrN2O2/c1-3-11(12)8(6-16-10(11)15)4-9-5-13-7-14(9)2/h5,7-8H,3-4,6H2,1-2H3/t8-,11+/m1/s1. The van der Waals surface area contributed by atoms with Crippen LogP contribution in [0.25, 0.3) is 0 Å². The quantitative estimate of drug-likeness (QED) is 0.627. The zero-order valence-corrected chi connectivity index (χ0v) is 11.0. The molecular weight excluding hydrogens is 272 g/mol. The smallest absolute Gasteiger partial charge is 0.323 e. The highest BCUT2D eigenvalue weighted by atomic mass is 79.9. The summed E-state index contributed by atoms with van der Waals surface area (Å²) in [5, 5.41) is 0. The molecule has 2 atom stereocenters. The van der Waals surface area contributed by atoms with Crippen LogP contribution in [0.15, 0.2) is 12.5 Å². The van der Waals surface area contributed by atoms with Gasteiger partial charge in [-0.05, 0) is 12.8 Å². The maximum Gasteiger partial charge on any atom is 0.323 e. The van der Waals surface area contributed by atoms with Crippen molar-refractivity contribution in [1.82, 2.24) is 9.55 Å². The maximum atomic E-state index is 11.7. The third-order valence-electron chi connectivity index (χ3n) is 3.29. The predicted octanol–water partition coefficient (Wildman–Crippen LogP) is 1.68. The Bertz CT molecular complexity index is 404. The van der Waals surface area contributed by atoms with Crippen molar-refractivity contribution in [3.8, 4) is 0 Å². The van der Waals surface area contributed by atoms with Crippen molar-refractivity contribution in [2.75, 3.05) is 6.61 Å². The Balaban J connectivity index is 2.17. The van der Waals surface area contributed by atoms with Crippen LogP contribution >= 0.6 is 15.9 Å². The number of esters is 1. The Morgan fingerprint density at radius 2 is 2.50 bits per heavy atom. The fourth-order valence-corrected chi connectivity index (χ4v) is 2.49. The number of hydrogen-bond acceptors (Lipinski definition) is 3. The summed E-state index contributed by atoms with van der Waals surface area (Å²) in [6.07, 6.45) is 5.16. The molecule has 4 nitrogen and oxygen atoms in total. The van der Waals surface area contributed by atoms with Crippen LogP contribution in [0.4, 0.5) is 0 Å². The molecule has 0 bridgehead atoms. The first-order valence-corrected chi connectivity index (χ1v) is 6.18. The van der Waals surface area contributed by atoms with Crippen molar-refractivity contribution < 1.29 is 9.53 Å². The fourth-order valence-electron chi connectivity index (χ4n) is 2.08. The van der Waals surface area contributed by atoms with Crippen molar-refractivity contribution in [2.24, 2.45) is 13.0 Å². The normalized spacial score (nSPS) is 29.4. The Morgan fingerprint density at radius 3 is 3.06 bits per heavy atom. The molecule has 2 rings (SSSR count). The number of cyclic esters (lactones) is 1. The average Bonchev–Trinajstić information content (AvgIpc) is 2.79. The Hall–Kier alpha value is -0.840. The Morgan fingerprint density at radius 1 is 1.75 bits per heavy atom. The van der Waals surface area contributed by atoms with E-state index >= 15 is 0 Å². The monoisotopic (exact) mass is 286 g/mol. The number of rotatable bonds is 3. The minimum atomic E-state index is -0.517. The van der Waals surface area contributed by atoms with Gasteiger partial charge in [-0.3, -0.25) is 4.79 Å². The highest BCUT2D eigenvalue weighted by Gasteiger charge is 2.49. The van der Waals surface area contributed by atoms with Crippen molar-refractivity contribution in [2.45, 2.75) is 24.1 Å². The molecule has 0 aromatic carbocycles. The van der Waals surface area contributed by atoms with Gasteiger partial charge in [0.1, 0.15) is 4.32 Å². The minimum absolute atomic E-state index is 0.137. The van der Waals surface area contributed by atoms with E-state index in [-0.39, 0.29) is 11.9 Å². The fraction of sp³-hybridized carbons (Fsp3) is 0.636. The van der Waals surface area contributed by atoms with E-state index in [0.29, 0.717) is 6.61 Å². The van der Waals surface area contributed by atoms with Crippen LogP contribution in [0, 0.1) is 5.92 Å². The largest absolute Gasteiger partial charge is 0.464 e. The van der Waals surface area contributed by atoms with Crippen molar-refractivity contribution >= 4 is 21.9 Å². The molecule has 0 spiro atoms. The number of carbonyl (C=O) groups excluding carboxylic acids is 1. The van der Waals surface area contributed by atoms with E-state index in [1.807, 2.05) is 24.7 Å². The number of halogens is 1. The second-order valence-corrected chi connectivity index (χ2v) is 5.63. The lowest BCUT2D eigenvalue weighted by molar-refractivity contribution is -0.139. The van der Waals surface area contributed by atoms with Crippen LogP contribution in [0.5, 0.6) is 0 Å². The molecule has 1 fully saturated rings. The maximum absolute atomic E-state index is 11.7. The highest BCUT2D eigenvalue weighted by Crippen LogP contribution is 2.39. The van der Waals surface area contributed by atoms with Crippen LogP contribution in [0.2, 0.25) is 0 Å². The summed E-state index contributed by atoms with van der Waals surface area (Å²) in [7, 11) is 1.96. The molecule has 0 radical (unpaired) electrons. The molecule has 1 aromatic rings. The minimum Gasteiger partial charge on any atom is -0.464 e. The van der Waals surface area contributed by atoms with E-state index in [2.05, 4.69) is 20.9 Å². The summed E-state index contributed by atoms with van der Waals surface area (Å²) in [6.45, 7) is 2.49. The molecule has 0 aliphatic carbocycles. The number of nitrogens with zero attached hydrogens (tertiary/aromatic N) is 2. The number of imidazole rings is 1. The van der Waals surface area contributed by atoms with Gasteiger partial charge in [0.05, 0.1) is 12.9 Å². The average molecular weight is 287 g/mol. The lowest BCUT2D eigenvalue weighted by Gasteiger charge is -2.22. The zero-order chi connectivity index (χ0) is 11.8. The number of carbonyl (C=O) groups is 1. The van der Waals surface area contributed by atoms with Crippen molar-refractivity contribution in [3.63, 3.8) is 0 Å². The molecule has 1 aromatic heterocycles. The molecule has 0 N–H and O–H groups in total. The first-order chi connectivity index (χ1) is 7.58. The first-order valence-electron chi connectivity index (χ1n) is 5.39. The number of aromatic nitrogens is 2. The van der Waals surface area contributed by atoms with Crippen LogP contribution in [-0.2, 0) is 23.0 Å². The van der Waals surface area contributed by atoms with Crippen molar-refractivity contribution in [1.29, 1.82) is 0 Å². The molecule has 2 heterocycles. The number of ether oxygens (including phenoxy) is 1. The summed E-state index contributed by atoms with van der Waals surface area (Å²) < 4.78 is 6.61. The predicted molar refractivity (Wildman–Crippen MR) is 63.3 cm³/mol. The summed E-state index contributed by atoms with van der Waals surface area (Å²) in [6, 6.07) is 0. The Labute approximate surface area is 103 Å². The van der Waals surface area contributed by atoms with Gasteiger partial charge in [-0.1, -0.05) is 22.9 Å². The van der Waals surface area contributed by atoms with Crippen LogP contribution in [0.3, 0.4) is 0 Å². The van der Waals surface area contributed by atoms with Gasteiger partial charge in [0.25, 0.3) is 0 Å². The van der Waals surface area contributed by atoms with Crippen LogP contribution in [-0.4, -0.2) is 26.5 Å². The SMILES string of the molecule is CC[C@@]1(Br)C(=O)OC[C@H]1Cc1cncn1C. The molecule has 1 saturated heterocycles. The molecule has 0 unspecified atom stereocenters. The van der Waals surface area contributed by atoms with Gasteiger partial charge in [0, 0.05) is 24.9 Å². The zero-order valence-electron chi connectivity index (χ0n) is 9.44. The van der Waals surface area contributed by atoms with Gasteiger partial charge in [-0.2, -0.15) is 0 Å². The van der Waals surface area contributed by atoms with Gasteiger partial charge >= 0.3 is 5.97 Å². The number of hydrogen-bond donors (Lipinski definition) is 0. The molecular formula is C11H15BrN2O2. The van der Waals surface area contributed by atoms with E-state index < -0.39 is 4.32 Å². The van der Waals surface area contributed by atoms with E-state index in [9.17, 15) is 4.79 Å². The van der Waals surface area contributed by atoms with Gasteiger partial charge in [-0.25, -0.2) is 4.98 Å². The lowest BCUT2D eigenvalue weighted by atomic mass is 9.89. The molecule has 0 saturated carbocycles. The molecule has 0 amide bonds. The molecule has 88 valence electrons. The molecule has 1 aliphatic heterocycles. The van der Waals surface area contributed by atoms with E-state index in [0.717, 1.165) is 18.5 Å². The van der Waals surface area contributed by atoms with E-state index in [1.165, 1.54) is 0 Å². The van der Waals surface area contributed by atoms with Gasteiger partial charge in [-0.15, -0.1) is 0 Å². The first kappa shape index (κ1) is 11.6. The van der Waals surface area contributed by atoms with Gasteiger partial charge in [0.15, 0.2) is 0 Å². The summed E-state index contributed by atoms with van der Waals surface area (Å²) in [5.74, 6) is 0.0440. The van der Waals surface area contributed by atoms with Gasteiger partial charge < -0.3 is 9.30 Å². The number of aryl methyl sites for hydroxylation is 1. The molecule has 1 aliphatic rings. The van der Waals surface area contributed by atoms with Gasteiger partial charge in [0.2, 0.25) is 0 Å². The summed E-state index contributed by atoms with van der Waals surface area (Å²) >= 11 is 3.54. The topological polar surface area (TPSA) is 44.1 Å². The third-order valence-corrected chi connectivity index (χ3v) is 4.82. The number of alkyl halides is 1. The summed E-state index contributed by atoms with van der Waals surface area (Å²) in [4.78, 5) is 15.7. The highest BCUT2D eigenvalue weighted by molar-refractivity contribution is 9.10. The second kappa shape index (κ2) is 4.20. The van der Waals surface area contributed by atoms with Crippen LogP contribution < -0.4 is 0 Å². The lowest BCUT2D eigenvalue weighted by Crippen LogP contribution is -2.34. The molecule has 16 heavy (non-hydrogen) atoms.